The monoisotopic (exact) mass is 418 g/mol. The van der Waals surface area contributed by atoms with Crippen molar-refractivity contribution in [3.05, 3.63) is 69.7 Å². The highest BCUT2D eigenvalue weighted by molar-refractivity contribution is 6.34. The number of likely N-dealkylation sites (tertiary alicyclic amines) is 2. The van der Waals surface area contributed by atoms with Crippen molar-refractivity contribution >= 4 is 35.2 Å². The Hall–Kier alpha value is -2.24. The van der Waals surface area contributed by atoms with Gasteiger partial charge in [-0.2, -0.15) is 0 Å². The summed E-state index contributed by atoms with van der Waals surface area (Å²) in [6, 6.07) is 14.4. The molecule has 0 aromatic heterocycles. The molecule has 0 unspecified atom stereocenters. The molecule has 2 aliphatic rings. The summed E-state index contributed by atoms with van der Waals surface area (Å²) in [5.41, 5.74) is 1.46. The molecule has 146 valence electrons. The number of benzene rings is 2. The van der Waals surface area contributed by atoms with Gasteiger partial charge >= 0.3 is 6.09 Å². The van der Waals surface area contributed by atoms with Gasteiger partial charge in [0.25, 0.3) is 5.91 Å². The first-order chi connectivity index (χ1) is 13.5. The number of hydrogen-bond donors (Lipinski definition) is 0. The Morgan fingerprint density at radius 2 is 1.46 bits per heavy atom. The van der Waals surface area contributed by atoms with E-state index in [0.29, 0.717) is 53.6 Å². The molecule has 0 saturated carbocycles. The van der Waals surface area contributed by atoms with Crippen LogP contribution in [0.4, 0.5) is 4.79 Å². The average Bonchev–Trinajstić information content (AvgIpc) is 3.25. The zero-order valence-corrected chi connectivity index (χ0v) is 16.7. The summed E-state index contributed by atoms with van der Waals surface area (Å²) < 4.78 is 5.42. The number of hydrogen-bond acceptors (Lipinski definition) is 3. The third-order valence-electron chi connectivity index (χ3n) is 5.34. The average molecular weight is 419 g/mol. The number of carbonyl (C=O) groups excluding carboxylic acids is 2. The van der Waals surface area contributed by atoms with Crippen LogP contribution in [0.25, 0.3) is 0 Å². The summed E-state index contributed by atoms with van der Waals surface area (Å²) in [6.45, 7) is 2.69. The van der Waals surface area contributed by atoms with Crippen LogP contribution in [0, 0.1) is 11.8 Å². The van der Waals surface area contributed by atoms with Crippen LogP contribution >= 0.6 is 23.2 Å². The number of halogens is 2. The van der Waals surface area contributed by atoms with Crippen LogP contribution in [0.2, 0.25) is 10.0 Å². The predicted molar refractivity (Wildman–Crippen MR) is 108 cm³/mol. The molecule has 5 nitrogen and oxygen atoms in total. The number of nitrogens with zero attached hydrogens (tertiary/aromatic N) is 2. The SMILES string of the molecule is O=C(OCc1cc(Cl)cc(Cl)c1)N1C[C@@H]2CN(C(=O)c3ccccc3)C[C@@H]2C1. The minimum absolute atomic E-state index is 0.0574. The first-order valence-electron chi connectivity index (χ1n) is 9.20. The Balaban J connectivity index is 1.30. The zero-order chi connectivity index (χ0) is 19.7. The molecule has 0 aliphatic carbocycles. The number of ether oxygens (including phenoxy) is 1. The van der Waals surface area contributed by atoms with Gasteiger partial charge in [-0.3, -0.25) is 4.79 Å². The van der Waals surface area contributed by atoms with Gasteiger partial charge < -0.3 is 14.5 Å². The molecule has 2 aromatic carbocycles. The number of fused-ring (bicyclic) bond motifs is 1. The fraction of sp³-hybridized carbons (Fsp3) is 0.333. The molecule has 2 aromatic rings. The lowest BCUT2D eigenvalue weighted by atomic mass is 10.0. The quantitative estimate of drug-likeness (QED) is 0.744. The summed E-state index contributed by atoms with van der Waals surface area (Å²) in [5, 5.41) is 1.02. The van der Waals surface area contributed by atoms with Crippen molar-refractivity contribution in [1.82, 2.24) is 9.80 Å². The van der Waals surface area contributed by atoms with Gasteiger partial charge in [0.2, 0.25) is 0 Å². The number of amides is 2. The molecule has 2 aliphatic heterocycles. The van der Waals surface area contributed by atoms with Crippen LogP contribution in [0.3, 0.4) is 0 Å². The van der Waals surface area contributed by atoms with Crippen molar-refractivity contribution in [3.63, 3.8) is 0 Å². The van der Waals surface area contributed by atoms with Gasteiger partial charge in [-0.05, 0) is 35.9 Å². The van der Waals surface area contributed by atoms with Gasteiger partial charge in [0, 0.05) is 53.6 Å². The Morgan fingerprint density at radius 1 is 0.893 bits per heavy atom. The number of carbonyl (C=O) groups is 2. The van der Waals surface area contributed by atoms with E-state index in [4.69, 9.17) is 27.9 Å². The van der Waals surface area contributed by atoms with E-state index in [1.54, 1.807) is 23.1 Å². The van der Waals surface area contributed by atoms with Crippen LogP contribution in [-0.2, 0) is 11.3 Å². The lowest BCUT2D eigenvalue weighted by Crippen LogP contribution is -2.35. The maximum absolute atomic E-state index is 12.6. The standard InChI is InChI=1S/C21H20Cl2N2O3/c22-18-6-14(7-19(23)8-18)13-28-21(27)25-11-16-9-24(10-17(16)12-25)20(26)15-4-2-1-3-5-15/h1-8,16-17H,9-13H2/t16-,17+. The van der Waals surface area contributed by atoms with Gasteiger partial charge in [0.15, 0.2) is 0 Å². The molecule has 0 N–H and O–H groups in total. The summed E-state index contributed by atoms with van der Waals surface area (Å²) in [7, 11) is 0. The largest absolute Gasteiger partial charge is 0.445 e. The predicted octanol–water partition coefficient (Wildman–Crippen LogP) is 4.33. The summed E-state index contributed by atoms with van der Waals surface area (Å²) in [5.74, 6) is 0.642. The van der Waals surface area contributed by atoms with Crippen LogP contribution in [0.15, 0.2) is 48.5 Å². The van der Waals surface area contributed by atoms with Gasteiger partial charge in [0.05, 0.1) is 0 Å². The van der Waals surface area contributed by atoms with E-state index in [1.807, 2.05) is 35.2 Å². The molecule has 28 heavy (non-hydrogen) atoms. The molecule has 2 fully saturated rings. The van der Waals surface area contributed by atoms with Crippen LogP contribution in [0.5, 0.6) is 0 Å². The zero-order valence-electron chi connectivity index (χ0n) is 15.2. The molecular weight excluding hydrogens is 399 g/mol. The molecule has 2 heterocycles. The second kappa shape index (κ2) is 8.02. The van der Waals surface area contributed by atoms with Crippen molar-refractivity contribution in [2.45, 2.75) is 6.61 Å². The molecule has 2 amide bonds. The summed E-state index contributed by atoms with van der Waals surface area (Å²) in [4.78, 5) is 28.6. The molecule has 0 spiro atoms. The summed E-state index contributed by atoms with van der Waals surface area (Å²) >= 11 is 11.9. The smallest absolute Gasteiger partial charge is 0.410 e. The normalized spacial score (nSPS) is 20.9. The summed E-state index contributed by atoms with van der Waals surface area (Å²) in [6.07, 6.45) is -0.341. The van der Waals surface area contributed by atoms with E-state index in [1.165, 1.54) is 0 Å². The van der Waals surface area contributed by atoms with Crippen LogP contribution in [-0.4, -0.2) is 48.0 Å². The van der Waals surface area contributed by atoms with Crippen molar-refractivity contribution in [2.75, 3.05) is 26.2 Å². The van der Waals surface area contributed by atoms with Crippen LogP contribution in [0.1, 0.15) is 15.9 Å². The molecule has 2 atom stereocenters. The highest BCUT2D eigenvalue weighted by Crippen LogP contribution is 2.32. The van der Waals surface area contributed by atoms with E-state index in [9.17, 15) is 9.59 Å². The van der Waals surface area contributed by atoms with Crippen molar-refractivity contribution in [1.29, 1.82) is 0 Å². The minimum atomic E-state index is -0.341. The molecule has 0 radical (unpaired) electrons. The Bertz CT molecular complexity index is 856. The molecule has 7 heteroatoms. The third kappa shape index (κ3) is 4.10. The third-order valence-corrected chi connectivity index (χ3v) is 5.77. The number of rotatable bonds is 3. The topological polar surface area (TPSA) is 49.9 Å². The van der Waals surface area contributed by atoms with Gasteiger partial charge in [0.1, 0.15) is 6.61 Å². The first kappa shape index (κ1) is 19.1. The maximum atomic E-state index is 12.6. The fourth-order valence-electron chi connectivity index (χ4n) is 4.00. The Kier molecular flexibility index (Phi) is 5.47. The van der Waals surface area contributed by atoms with Crippen molar-refractivity contribution in [2.24, 2.45) is 11.8 Å². The van der Waals surface area contributed by atoms with E-state index >= 15 is 0 Å². The highest BCUT2D eigenvalue weighted by Gasteiger charge is 2.43. The Labute approximate surface area is 173 Å². The highest BCUT2D eigenvalue weighted by atomic mass is 35.5. The molecule has 4 rings (SSSR count). The lowest BCUT2D eigenvalue weighted by molar-refractivity contribution is 0.0764. The van der Waals surface area contributed by atoms with Crippen molar-refractivity contribution < 1.29 is 14.3 Å². The lowest BCUT2D eigenvalue weighted by Gasteiger charge is -2.21. The molecule has 2 saturated heterocycles. The van der Waals surface area contributed by atoms with E-state index < -0.39 is 0 Å². The fourth-order valence-corrected chi connectivity index (χ4v) is 4.57. The van der Waals surface area contributed by atoms with E-state index in [-0.39, 0.29) is 18.6 Å². The Morgan fingerprint density at radius 3 is 2.07 bits per heavy atom. The van der Waals surface area contributed by atoms with E-state index in [0.717, 1.165) is 5.56 Å². The van der Waals surface area contributed by atoms with Gasteiger partial charge in [-0.15, -0.1) is 0 Å². The van der Waals surface area contributed by atoms with Crippen LogP contribution < -0.4 is 0 Å². The first-order valence-corrected chi connectivity index (χ1v) is 9.96. The second-order valence-electron chi connectivity index (χ2n) is 7.33. The molecular formula is C21H20Cl2N2O3. The molecule has 0 bridgehead atoms. The maximum Gasteiger partial charge on any atom is 0.410 e. The second-order valence-corrected chi connectivity index (χ2v) is 8.21. The minimum Gasteiger partial charge on any atom is -0.445 e. The van der Waals surface area contributed by atoms with Crippen molar-refractivity contribution in [3.8, 4) is 0 Å². The van der Waals surface area contributed by atoms with E-state index in [2.05, 4.69) is 0 Å². The van der Waals surface area contributed by atoms with Gasteiger partial charge in [-0.25, -0.2) is 4.79 Å². The van der Waals surface area contributed by atoms with Gasteiger partial charge in [-0.1, -0.05) is 41.4 Å².